The molecule has 2 fully saturated rings. The maximum absolute atomic E-state index is 12.3. The van der Waals surface area contributed by atoms with Gasteiger partial charge in [-0.2, -0.15) is 0 Å². The highest BCUT2D eigenvalue weighted by molar-refractivity contribution is 5.77. The van der Waals surface area contributed by atoms with Crippen LogP contribution in [0.5, 0.6) is 0 Å². The van der Waals surface area contributed by atoms with Gasteiger partial charge in [0.05, 0.1) is 12.0 Å². The Labute approximate surface area is 114 Å². The van der Waals surface area contributed by atoms with Crippen molar-refractivity contribution in [3.05, 3.63) is 0 Å². The van der Waals surface area contributed by atoms with Gasteiger partial charge in [0.15, 0.2) is 0 Å². The second-order valence-electron chi connectivity index (χ2n) is 6.41. The van der Waals surface area contributed by atoms with Crippen LogP contribution in [0.2, 0.25) is 0 Å². The summed E-state index contributed by atoms with van der Waals surface area (Å²) < 4.78 is 0. The normalized spacial score (nSPS) is 23.5. The molecule has 0 aliphatic heterocycles. The van der Waals surface area contributed by atoms with E-state index in [9.17, 15) is 9.59 Å². The highest BCUT2D eigenvalue weighted by Gasteiger charge is 2.44. The third-order valence-electron chi connectivity index (χ3n) is 4.69. The zero-order valence-corrected chi connectivity index (χ0v) is 11.9. The number of nitrogens with zero attached hydrogens (tertiary/aromatic N) is 1. The predicted molar refractivity (Wildman–Crippen MR) is 72.0 cm³/mol. The number of hydrogen-bond acceptors (Lipinski definition) is 2. The minimum atomic E-state index is -0.820. The standard InChI is InChI=1S/C14H24N2O3/c1-13(8-9-13)15-12(19)16(2)14(10-11(17)18)6-4-3-5-7-14/h3-10H2,1-2H3,(H,15,19)(H,17,18). The van der Waals surface area contributed by atoms with Crippen LogP contribution in [0.25, 0.3) is 0 Å². The molecule has 0 unspecified atom stereocenters. The number of urea groups is 1. The van der Waals surface area contributed by atoms with Gasteiger partial charge in [-0.15, -0.1) is 0 Å². The van der Waals surface area contributed by atoms with E-state index in [4.69, 9.17) is 5.11 Å². The number of aliphatic carboxylic acids is 1. The average molecular weight is 268 g/mol. The second kappa shape index (κ2) is 5.02. The minimum Gasteiger partial charge on any atom is -0.481 e. The molecule has 0 spiro atoms. The number of carbonyl (C=O) groups is 2. The van der Waals surface area contributed by atoms with E-state index in [1.165, 1.54) is 0 Å². The monoisotopic (exact) mass is 268 g/mol. The largest absolute Gasteiger partial charge is 0.481 e. The smallest absolute Gasteiger partial charge is 0.318 e. The van der Waals surface area contributed by atoms with E-state index in [0.717, 1.165) is 44.9 Å². The fraction of sp³-hybridized carbons (Fsp3) is 0.857. The molecule has 2 saturated carbocycles. The molecule has 19 heavy (non-hydrogen) atoms. The zero-order valence-electron chi connectivity index (χ0n) is 11.9. The third-order valence-corrected chi connectivity index (χ3v) is 4.69. The molecule has 2 N–H and O–H groups in total. The molecule has 108 valence electrons. The first kappa shape index (κ1) is 14.2. The fourth-order valence-electron chi connectivity index (χ4n) is 2.99. The lowest BCUT2D eigenvalue weighted by Crippen LogP contribution is -2.56. The Bertz CT molecular complexity index is 371. The van der Waals surface area contributed by atoms with Gasteiger partial charge in [-0.05, 0) is 32.6 Å². The second-order valence-corrected chi connectivity index (χ2v) is 6.41. The maximum atomic E-state index is 12.3. The summed E-state index contributed by atoms with van der Waals surface area (Å²) >= 11 is 0. The summed E-state index contributed by atoms with van der Waals surface area (Å²) in [5.41, 5.74) is -0.566. The highest BCUT2D eigenvalue weighted by Crippen LogP contribution is 2.38. The molecule has 5 nitrogen and oxygen atoms in total. The SMILES string of the molecule is CN(C(=O)NC1(C)CC1)C1(CC(=O)O)CCCCC1. The van der Waals surface area contributed by atoms with E-state index < -0.39 is 11.5 Å². The van der Waals surface area contributed by atoms with Crippen LogP contribution < -0.4 is 5.32 Å². The summed E-state index contributed by atoms with van der Waals surface area (Å²) in [5.74, 6) is -0.820. The molecular formula is C14H24N2O3. The van der Waals surface area contributed by atoms with Crippen LogP contribution in [0.1, 0.15) is 58.3 Å². The van der Waals surface area contributed by atoms with Crippen molar-refractivity contribution < 1.29 is 14.7 Å². The molecule has 0 bridgehead atoms. The van der Waals surface area contributed by atoms with Crippen molar-refractivity contribution in [1.29, 1.82) is 0 Å². The van der Waals surface area contributed by atoms with Gasteiger partial charge in [-0.3, -0.25) is 4.79 Å². The van der Waals surface area contributed by atoms with Crippen molar-refractivity contribution in [1.82, 2.24) is 10.2 Å². The Morgan fingerprint density at radius 3 is 2.21 bits per heavy atom. The van der Waals surface area contributed by atoms with Crippen molar-refractivity contribution in [2.75, 3.05) is 7.05 Å². The first-order valence-electron chi connectivity index (χ1n) is 7.15. The molecule has 0 heterocycles. The average Bonchev–Trinajstić information content (AvgIpc) is 3.06. The van der Waals surface area contributed by atoms with Gasteiger partial charge in [0.2, 0.25) is 0 Å². The van der Waals surface area contributed by atoms with Crippen molar-refractivity contribution in [3.8, 4) is 0 Å². The Balaban J connectivity index is 2.07. The lowest BCUT2D eigenvalue weighted by atomic mass is 9.78. The molecule has 0 aromatic rings. The molecular weight excluding hydrogens is 244 g/mol. The van der Waals surface area contributed by atoms with Gasteiger partial charge >= 0.3 is 12.0 Å². The van der Waals surface area contributed by atoms with E-state index in [1.54, 1.807) is 11.9 Å². The summed E-state index contributed by atoms with van der Waals surface area (Å²) in [5, 5.41) is 12.2. The van der Waals surface area contributed by atoms with E-state index in [-0.39, 0.29) is 18.0 Å². The molecule has 0 radical (unpaired) electrons. The Hall–Kier alpha value is -1.26. The molecule has 0 aromatic carbocycles. The van der Waals surface area contributed by atoms with Crippen molar-refractivity contribution in [2.24, 2.45) is 0 Å². The first-order valence-corrected chi connectivity index (χ1v) is 7.15. The molecule has 2 amide bonds. The van der Waals surface area contributed by atoms with Crippen LogP contribution >= 0.6 is 0 Å². The number of nitrogens with one attached hydrogen (secondary N) is 1. The van der Waals surface area contributed by atoms with Crippen LogP contribution in [0, 0.1) is 0 Å². The number of carbonyl (C=O) groups excluding carboxylic acids is 1. The topological polar surface area (TPSA) is 69.6 Å². The summed E-state index contributed by atoms with van der Waals surface area (Å²) in [6.07, 6.45) is 6.80. The van der Waals surface area contributed by atoms with Gasteiger partial charge in [-0.25, -0.2) is 4.79 Å². The summed E-state index contributed by atoms with van der Waals surface area (Å²) in [6, 6.07) is -0.122. The van der Waals surface area contributed by atoms with Crippen LogP contribution in [-0.2, 0) is 4.79 Å². The van der Waals surface area contributed by atoms with Crippen LogP contribution in [0.3, 0.4) is 0 Å². The van der Waals surface area contributed by atoms with E-state index in [2.05, 4.69) is 5.32 Å². The predicted octanol–water partition coefficient (Wildman–Crippen LogP) is 2.36. The molecule has 0 aromatic heterocycles. The van der Waals surface area contributed by atoms with Gasteiger partial charge in [0, 0.05) is 12.6 Å². The zero-order chi connectivity index (χ0) is 14.1. The molecule has 5 heteroatoms. The van der Waals surface area contributed by atoms with Gasteiger partial charge in [0.25, 0.3) is 0 Å². The molecule has 0 atom stereocenters. The highest BCUT2D eigenvalue weighted by atomic mass is 16.4. The number of carboxylic acids is 1. The van der Waals surface area contributed by atoms with E-state index in [1.807, 2.05) is 6.92 Å². The number of carboxylic acid groups (broad SMARTS) is 1. The Morgan fingerprint density at radius 1 is 1.16 bits per heavy atom. The summed E-state index contributed by atoms with van der Waals surface area (Å²) in [4.78, 5) is 25.1. The molecule has 2 rings (SSSR count). The van der Waals surface area contributed by atoms with Gasteiger partial charge in [-0.1, -0.05) is 19.3 Å². The molecule has 2 aliphatic carbocycles. The Kier molecular flexibility index (Phi) is 3.74. The van der Waals surface area contributed by atoms with Gasteiger partial charge in [0.1, 0.15) is 0 Å². The lowest BCUT2D eigenvalue weighted by molar-refractivity contribution is -0.140. The van der Waals surface area contributed by atoms with Crippen LogP contribution in [-0.4, -0.2) is 40.1 Å². The van der Waals surface area contributed by atoms with E-state index in [0.29, 0.717) is 0 Å². The number of rotatable bonds is 4. The fourth-order valence-corrected chi connectivity index (χ4v) is 2.99. The first-order chi connectivity index (χ1) is 8.87. The summed E-state index contributed by atoms with van der Waals surface area (Å²) in [7, 11) is 1.75. The summed E-state index contributed by atoms with van der Waals surface area (Å²) in [6.45, 7) is 2.03. The van der Waals surface area contributed by atoms with Crippen molar-refractivity contribution in [3.63, 3.8) is 0 Å². The van der Waals surface area contributed by atoms with Crippen LogP contribution in [0.4, 0.5) is 4.79 Å². The van der Waals surface area contributed by atoms with Crippen LogP contribution in [0.15, 0.2) is 0 Å². The Morgan fingerprint density at radius 2 is 1.74 bits per heavy atom. The number of hydrogen-bond donors (Lipinski definition) is 2. The maximum Gasteiger partial charge on any atom is 0.318 e. The van der Waals surface area contributed by atoms with Crippen molar-refractivity contribution >= 4 is 12.0 Å². The minimum absolute atomic E-state index is 0.0492. The van der Waals surface area contributed by atoms with E-state index >= 15 is 0 Å². The quantitative estimate of drug-likeness (QED) is 0.822. The lowest BCUT2D eigenvalue weighted by Gasteiger charge is -2.44. The van der Waals surface area contributed by atoms with Gasteiger partial charge < -0.3 is 15.3 Å². The third kappa shape index (κ3) is 3.19. The number of amides is 2. The van der Waals surface area contributed by atoms with Crippen molar-refractivity contribution in [2.45, 2.75) is 69.4 Å². The molecule has 2 aliphatic rings. The molecule has 0 saturated heterocycles.